The molecule has 0 aliphatic carbocycles. The zero-order valence-corrected chi connectivity index (χ0v) is 12.3. The Morgan fingerprint density at radius 1 is 1.65 bits per heavy atom. The Morgan fingerprint density at radius 2 is 2.35 bits per heavy atom. The molecule has 0 spiro atoms. The highest BCUT2D eigenvalue weighted by atomic mass is 79.9. The van der Waals surface area contributed by atoms with Gasteiger partial charge in [0, 0.05) is 18.5 Å². The first-order valence-electron chi connectivity index (χ1n) is 5.45. The number of halogens is 1. The number of carbonyl (C=O) groups excluding carboxylic acids is 1. The van der Waals surface area contributed by atoms with Crippen LogP contribution in [0.3, 0.4) is 0 Å². The summed E-state index contributed by atoms with van der Waals surface area (Å²) in [6.45, 7) is 5.32. The molecule has 0 aliphatic rings. The summed E-state index contributed by atoms with van der Waals surface area (Å²) in [5.74, 6) is 0.413. The lowest BCUT2D eigenvalue weighted by Gasteiger charge is -2.23. The molecule has 1 aromatic rings. The standard InChI is InChI=1S/C12H15BrN2OS/c1-9(2)7-15(5-3-4-14)12(16)10-6-11(13)17-8-10/h6,8-9H,3,5,7H2,1-2H3. The van der Waals surface area contributed by atoms with Crippen LogP contribution in [-0.4, -0.2) is 23.9 Å². The van der Waals surface area contributed by atoms with Gasteiger partial charge in [-0.05, 0) is 27.9 Å². The van der Waals surface area contributed by atoms with E-state index in [1.54, 1.807) is 4.90 Å². The third kappa shape index (κ3) is 4.49. The van der Waals surface area contributed by atoms with Gasteiger partial charge >= 0.3 is 0 Å². The second-order valence-electron chi connectivity index (χ2n) is 4.19. The molecule has 0 aromatic carbocycles. The molecule has 1 amide bonds. The summed E-state index contributed by atoms with van der Waals surface area (Å²) in [5.41, 5.74) is 0.695. The van der Waals surface area contributed by atoms with Crippen LogP contribution in [0.4, 0.5) is 0 Å². The van der Waals surface area contributed by atoms with Crippen LogP contribution in [0, 0.1) is 17.2 Å². The Kier molecular flexibility index (Phi) is 5.66. The average Bonchev–Trinajstić information content (AvgIpc) is 2.69. The van der Waals surface area contributed by atoms with E-state index in [1.165, 1.54) is 11.3 Å². The summed E-state index contributed by atoms with van der Waals surface area (Å²) in [6.07, 6.45) is 0.379. The molecule has 17 heavy (non-hydrogen) atoms. The Hall–Kier alpha value is -0.860. The predicted octanol–water partition coefficient (Wildman–Crippen LogP) is 3.52. The Balaban J connectivity index is 2.75. The van der Waals surface area contributed by atoms with Gasteiger partial charge in [-0.2, -0.15) is 5.26 Å². The third-order valence-electron chi connectivity index (χ3n) is 2.18. The van der Waals surface area contributed by atoms with Crippen LogP contribution in [0.1, 0.15) is 30.6 Å². The van der Waals surface area contributed by atoms with Crippen molar-refractivity contribution in [1.82, 2.24) is 4.90 Å². The first-order valence-corrected chi connectivity index (χ1v) is 7.12. The highest BCUT2D eigenvalue weighted by Gasteiger charge is 2.17. The topological polar surface area (TPSA) is 44.1 Å². The van der Waals surface area contributed by atoms with Gasteiger partial charge in [-0.15, -0.1) is 11.3 Å². The van der Waals surface area contributed by atoms with Crippen LogP contribution in [0.2, 0.25) is 0 Å². The lowest BCUT2D eigenvalue weighted by atomic mass is 10.2. The number of nitrogens with zero attached hydrogens (tertiary/aromatic N) is 2. The van der Waals surface area contributed by atoms with Crippen molar-refractivity contribution in [1.29, 1.82) is 5.26 Å². The molecule has 0 aliphatic heterocycles. The van der Waals surface area contributed by atoms with Crippen molar-refractivity contribution in [3.05, 3.63) is 20.8 Å². The molecular formula is C12H15BrN2OS. The summed E-state index contributed by atoms with van der Waals surface area (Å²) in [7, 11) is 0. The molecule has 0 bridgehead atoms. The average molecular weight is 315 g/mol. The molecule has 1 aromatic heterocycles. The lowest BCUT2D eigenvalue weighted by molar-refractivity contribution is 0.0740. The van der Waals surface area contributed by atoms with Gasteiger partial charge in [0.05, 0.1) is 21.8 Å². The van der Waals surface area contributed by atoms with Crippen molar-refractivity contribution >= 4 is 33.2 Å². The van der Waals surface area contributed by atoms with Crippen LogP contribution in [0.5, 0.6) is 0 Å². The fourth-order valence-electron chi connectivity index (χ4n) is 1.51. The van der Waals surface area contributed by atoms with E-state index >= 15 is 0 Å². The van der Waals surface area contributed by atoms with Crippen LogP contribution >= 0.6 is 27.3 Å². The second kappa shape index (κ2) is 6.77. The predicted molar refractivity (Wildman–Crippen MR) is 73.0 cm³/mol. The SMILES string of the molecule is CC(C)CN(CCC#N)C(=O)c1csc(Br)c1. The molecule has 0 radical (unpaired) electrons. The van der Waals surface area contributed by atoms with E-state index in [1.807, 2.05) is 11.4 Å². The third-order valence-corrected chi connectivity index (χ3v) is 3.69. The first-order chi connectivity index (χ1) is 8.04. The van der Waals surface area contributed by atoms with Gasteiger partial charge in [0.1, 0.15) is 0 Å². The van der Waals surface area contributed by atoms with Crippen molar-refractivity contribution in [2.24, 2.45) is 5.92 Å². The van der Waals surface area contributed by atoms with Gasteiger partial charge in [0.2, 0.25) is 0 Å². The Bertz CT molecular complexity index is 422. The van der Waals surface area contributed by atoms with E-state index < -0.39 is 0 Å². The number of carbonyl (C=O) groups is 1. The van der Waals surface area contributed by atoms with Crippen molar-refractivity contribution in [2.45, 2.75) is 20.3 Å². The number of rotatable bonds is 5. The van der Waals surface area contributed by atoms with Crippen molar-refractivity contribution in [2.75, 3.05) is 13.1 Å². The molecule has 1 rings (SSSR count). The Labute approximate surface area is 114 Å². The van der Waals surface area contributed by atoms with Crippen LogP contribution < -0.4 is 0 Å². The highest BCUT2D eigenvalue weighted by molar-refractivity contribution is 9.11. The van der Waals surface area contributed by atoms with E-state index in [9.17, 15) is 4.79 Å². The summed E-state index contributed by atoms with van der Waals surface area (Å²) in [5, 5.41) is 10.5. The van der Waals surface area contributed by atoms with E-state index in [2.05, 4.69) is 35.8 Å². The molecule has 0 unspecified atom stereocenters. The minimum atomic E-state index is 0.0101. The molecule has 3 nitrogen and oxygen atoms in total. The summed E-state index contributed by atoms with van der Waals surface area (Å²) < 4.78 is 0.950. The highest BCUT2D eigenvalue weighted by Crippen LogP contribution is 2.22. The lowest BCUT2D eigenvalue weighted by Crippen LogP contribution is -2.34. The number of hydrogen-bond donors (Lipinski definition) is 0. The van der Waals surface area contributed by atoms with Crippen molar-refractivity contribution in [3.8, 4) is 6.07 Å². The van der Waals surface area contributed by atoms with E-state index in [0.717, 1.165) is 3.79 Å². The van der Waals surface area contributed by atoms with E-state index in [-0.39, 0.29) is 5.91 Å². The zero-order valence-electron chi connectivity index (χ0n) is 9.94. The molecule has 0 saturated carbocycles. The molecule has 1 heterocycles. The molecule has 5 heteroatoms. The van der Waals surface area contributed by atoms with Gasteiger partial charge in [0.25, 0.3) is 5.91 Å². The monoisotopic (exact) mass is 314 g/mol. The van der Waals surface area contributed by atoms with E-state index in [4.69, 9.17) is 5.26 Å². The van der Waals surface area contributed by atoms with Gasteiger partial charge in [-0.25, -0.2) is 0 Å². The molecule has 0 saturated heterocycles. The quantitative estimate of drug-likeness (QED) is 0.834. The fraction of sp³-hybridized carbons (Fsp3) is 0.500. The normalized spacial score (nSPS) is 10.3. The van der Waals surface area contributed by atoms with Crippen molar-refractivity contribution < 1.29 is 4.79 Å². The summed E-state index contributed by atoms with van der Waals surface area (Å²) in [6, 6.07) is 3.91. The van der Waals surface area contributed by atoms with Crippen LogP contribution in [0.15, 0.2) is 15.2 Å². The molecule has 0 fully saturated rings. The summed E-state index contributed by atoms with van der Waals surface area (Å²) in [4.78, 5) is 14.0. The maximum absolute atomic E-state index is 12.2. The molecule has 0 N–H and O–H groups in total. The number of hydrogen-bond acceptors (Lipinski definition) is 3. The second-order valence-corrected chi connectivity index (χ2v) is 6.48. The maximum Gasteiger partial charge on any atom is 0.254 e. The number of nitriles is 1. The first kappa shape index (κ1) is 14.2. The molecular weight excluding hydrogens is 300 g/mol. The van der Waals surface area contributed by atoms with Gasteiger partial charge in [0.15, 0.2) is 0 Å². The largest absolute Gasteiger partial charge is 0.337 e. The van der Waals surface area contributed by atoms with Gasteiger partial charge in [-0.1, -0.05) is 13.8 Å². The molecule has 0 atom stereocenters. The number of amides is 1. The molecule has 92 valence electrons. The summed E-state index contributed by atoms with van der Waals surface area (Å²) >= 11 is 4.85. The van der Waals surface area contributed by atoms with Gasteiger partial charge in [-0.3, -0.25) is 4.79 Å². The fourth-order valence-corrected chi connectivity index (χ4v) is 2.64. The van der Waals surface area contributed by atoms with Crippen LogP contribution in [0.25, 0.3) is 0 Å². The minimum absolute atomic E-state index is 0.0101. The van der Waals surface area contributed by atoms with Crippen molar-refractivity contribution in [3.63, 3.8) is 0 Å². The van der Waals surface area contributed by atoms with Crippen LogP contribution in [-0.2, 0) is 0 Å². The minimum Gasteiger partial charge on any atom is -0.337 e. The van der Waals surface area contributed by atoms with Gasteiger partial charge < -0.3 is 4.90 Å². The smallest absolute Gasteiger partial charge is 0.254 e. The number of thiophene rings is 1. The van der Waals surface area contributed by atoms with E-state index in [0.29, 0.717) is 31.0 Å². The maximum atomic E-state index is 12.2. The Morgan fingerprint density at radius 3 is 2.82 bits per heavy atom. The zero-order chi connectivity index (χ0) is 12.8.